The Morgan fingerprint density at radius 1 is 1.05 bits per heavy atom. The minimum Gasteiger partial charge on any atom is -0.491 e. The van der Waals surface area contributed by atoms with Crippen molar-refractivity contribution in [1.29, 1.82) is 0 Å². The van der Waals surface area contributed by atoms with Crippen molar-refractivity contribution < 1.29 is 9.47 Å². The van der Waals surface area contributed by atoms with Gasteiger partial charge in [-0.25, -0.2) is 0 Å². The highest BCUT2D eigenvalue weighted by atomic mass is 16.5. The highest BCUT2D eigenvalue weighted by Gasteiger charge is 2.08. The lowest BCUT2D eigenvalue weighted by Crippen LogP contribution is -2.15. The van der Waals surface area contributed by atoms with Crippen molar-refractivity contribution in [1.82, 2.24) is 5.32 Å². The number of ether oxygens (including phenoxy) is 2. The summed E-state index contributed by atoms with van der Waals surface area (Å²) in [4.78, 5) is 0. The third-order valence-corrected chi connectivity index (χ3v) is 3.14. The van der Waals surface area contributed by atoms with Gasteiger partial charge < -0.3 is 14.8 Å². The Balaban J connectivity index is 2.33. The monoisotopic (exact) mass is 265 g/mol. The van der Waals surface area contributed by atoms with Crippen LogP contribution >= 0.6 is 0 Å². The second-order valence-corrected chi connectivity index (χ2v) is 5.19. The lowest BCUT2D eigenvalue weighted by molar-refractivity contribution is 0.0921. The summed E-state index contributed by atoms with van der Waals surface area (Å²) in [5.74, 6) is 1.63. The van der Waals surface area contributed by atoms with E-state index >= 15 is 0 Å². The lowest BCUT2D eigenvalue weighted by Gasteiger charge is -2.16. The molecule has 1 unspecified atom stereocenters. The highest BCUT2D eigenvalue weighted by Crippen LogP contribution is 2.24. The molecule has 0 aliphatic rings. The zero-order valence-corrected chi connectivity index (χ0v) is 12.6. The molecule has 3 heteroatoms. The van der Waals surface area contributed by atoms with Crippen LogP contribution in [0.4, 0.5) is 0 Å². The van der Waals surface area contributed by atoms with E-state index < -0.39 is 0 Å². The van der Waals surface area contributed by atoms with Gasteiger partial charge in [-0.3, -0.25) is 0 Å². The van der Waals surface area contributed by atoms with Crippen LogP contribution in [0.2, 0.25) is 0 Å². The Morgan fingerprint density at radius 3 is 2.47 bits per heavy atom. The van der Waals surface area contributed by atoms with Crippen molar-refractivity contribution in [2.24, 2.45) is 5.92 Å². The molecule has 1 aromatic carbocycles. The van der Waals surface area contributed by atoms with E-state index in [1.54, 1.807) is 0 Å². The van der Waals surface area contributed by atoms with Gasteiger partial charge in [0.2, 0.25) is 0 Å². The van der Waals surface area contributed by atoms with Crippen molar-refractivity contribution in [3.05, 3.63) is 29.8 Å². The molecule has 19 heavy (non-hydrogen) atoms. The van der Waals surface area contributed by atoms with E-state index in [4.69, 9.17) is 9.47 Å². The summed E-state index contributed by atoms with van der Waals surface area (Å²) in [6.07, 6.45) is 1.10. The fourth-order valence-corrected chi connectivity index (χ4v) is 1.76. The van der Waals surface area contributed by atoms with E-state index in [1.807, 2.05) is 25.2 Å². The predicted octanol–water partition coefficient (Wildman–Crippen LogP) is 3.41. The first kappa shape index (κ1) is 16.0. The summed E-state index contributed by atoms with van der Waals surface area (Å²) in [6.45, 7) is 8.60. The Bertz CT molecular complexity index is 352. The van der Waals surface area contributed by atoms with Gasteiger partial charge in [0.25, 0.3) is 0 Å². The minimum absolute atomic E-state index is 0.290. The molecule has 0 bridgehead atoms. The van der Waals surface area contributed by atoms with E-state index in [1.165, 1.54) is 5.56 Å². The molecule has 1 N–H and O–H groups in total. The molecular formula is C16H27NO2. The molecule has 108 valence electrons. The average molecular weight is 265 g/mol. The Hall–Kier alpha value is -1.06. The molecule has 0 fully saturated rings. The summed E-state index contributed by atoms with van der Waals surface area (Å²) in [5, 5.41) is 3.23. The average Bonchev–Trinajstić information content (AvgIpc) is 2.42. The maximum absolute atomic E-state index is 5.80. The Morgan fingerprint density at radius 2 is 1.79 bits per heavy atom. The summed E-state index contributed by atoms with van der Waals surface area (Å²) < 4.78 is 11.4. The second kappa shape index (κ2) is 8.94. The lowest BCUT2D eigenvalue weighted by atomic mass is 10.1. The van der Waals surface area contributed by atoms with Crippen LogP contribution in [0.25, 0.3) is 0 Å². The van der Waals surface area contributed by atoms with Gasteiger partial charge >= 0.3 is 0 Å². The van der Waals surface area contributed by atoms with Crippen LogP contribution in [-0.2, 0) is 4.74 Å². The number of hydrogen-bond donors (Lipinski definition) is 1. The van der Waals surface area contributed by atoms with E-state index in [0.29, 0.717) is 19.1 Å². The number of benzene rings is 1. The maximum Gasteiger partial charge on any atom is 0.124 e. The molecule has 0 amide bonds. The van der Waals surface area contributed by atoms with Crippen molar-refractivity contribution >= 4 is 0 Å². The molecule has 3 nitrogen and oxygen atoms in total. The van der Waals surface area contributed by atoms with Crippen LogP contribution in [0.3, 0.4) is 0 Å². The van der Waals surface area contributed by atoms with Gasteiger partial charge in [0.05, 0.1) is 6.61 Å². The first-order valence-corrected chi connectivity index (χ1v) is 7.12. The molecule has 0 radical (unpaired) electrons. The van der Waals surface area contributed by atoms with E-state index in [-0.39, 0.29) is 6.04 Å². The van der Waals surface area contributed by atoms with Crippen molar-refractivity contribution in [3.8, 4) is 5.75 Å². The molecule has 0 saturated heterocycles. The molecule has 0 spiro atoms. The zero-order valence-electron chi connectivity index (χ0n) is 12.6. The SMILES string of the molecule is CNC(C)c1ccccc1OCCOCCC(C)C. The predicted molar refractivity (Wildman–Crippen MR) is 79.7 cm³/mol. The summed E-state index contributed by atoms with van der Waals surface area (Å²) in [5.41, 5.74) is 1.19. The number of para-hydroxylation sites is 1. The zero-order chi connectivity index (χ0) is 14.1. The topological polar surface area (TPSA) is 30.5 Å². The number of rotatable bonds is 9. The van der Waals surface area contributed by atoms with Crippen molar-refractivity contribution in [3.63, 3.8) is 0 Å². The van der Waals surface area contributed by atoms with Gasteiger partial charge in [0.1, 0.15) is 12.4 Å². The third-order valence-electron chi connectivity index (χ3n) is 3.14. The highest BCUT2D eigenvalue weighted by molar-refractivity contribution is 5.35. The smallest absolute Gasteiger partial charge is 0.124 e. The van der Waals surface area contributed by atoms with E-state index in [0.717, 1.165) is 18.8 Å². The van der Waals surface area contributed by atoms with Crippen LogP contribution in [0, 0.1) is 5.92 Å². The second-order valence-electron chi connectivity index (χ2n) is 5.19. The molecule has 1 aromatic rings. The van der Waals surface area contributed by atoms with Crippen molar-refractivity contribution in [2.45, 2.75) is 33.2 Å². The van der Waals surface area contributed by atoms with Crippen LogP contribution in [0.15, 0.2) is 24.3 Å². The maximum atomic E-state index is 5.80. The van der Waals surface area contributed by atoms with Gasteiger partial charge in [-0.05, 0) is 32.4 Å². The van der Waals surface area contributed by atoms with Gasteiger partial charge in [-0.15, -0.1) is 0 Å². The van der Waals surface area contributed by atoms with Crippen LogP contribution in [0.5, 0.6) is 5.75 Å². The largest absolute Gasteiger partial charge is 0.491 e. The van der Waals surface area contributed by atoms with Gasteiger partial charge in [0, 0.05) is 18.2 Å². The van der Waals surface area contributed by atoms with E-state index in [2.05, 4.69) is 32.2 Å². The van der Waals surface area contributed by atoms with Crippen molar-refractivity contribution in [2.75, 3.05) is 26.9 Å². The molecule has 0 saturated carbocycles. The molecule has 0 aromatic heterocycles. The Labute approximate surface area is 117 Å². The summed E-state index contributed by atoms with van der Waals surface area (Å²) in [7, 11) is 1.95. The summed E-state index contributed by atoms with van der Waals surface area (Å²) >= 11 is 0. The minimum atomic E-state index is 0.290. The quantitative estimate of drug-likeness (QED) is 0.694. The number of hydrogen-bond acceptors (Lipinski definition) is 3. The first-order valence-electron chi connectivity index (χ1n) is 7.12. The molecule has 0 aliphatic carbocycles. The number of nitrogens with one attached hydrogen (secondary N) is 1. The first-order chi connectivity index (χ1) is 9.15. The van der Waals surface area contributed by atoms with Crippen LogP contribution in [-0.4, -0.2) is 26.9 Å². The molecule has 0 heterocycles. The molecule has 1 rings (SSSR count). The van der Waals surface area contributed by atoms with Gasteiger partial charge in [-0.2, -0.15) is 0 Å². The fraction of sp³-hybridized carbons (Fsp3) is 0.625. The third kappa shape index (κ3) is 6.08. The normalized spacial score (nSPS) is 12.7. The summed E-state index contributed by atoms with van der Waals surface area (Å²) in [6, 6.07) is 8.43. The Kier molecular flexibility index (Phi) is 7.53. The van der Waals surface area contributed by atoms with E-state index in [9.17, 15) is 0 Å². The van der Waals surface area contributed by atoms with Gasteiger partial charge in [0.15, 0.2) is 0 Å². The van der Waals surface area contributed by atoms with Gasteiger partial charge in [-0.1, -0.05) is 32.0 Å². The van der Waals surface area contributed by atoms with Crippen LogP contribution in [0.1, 0.15) is 38.8 Å². The fourth-order valence-electron chi connectivity index (χ4n) is 1.76. The molecular weight excluding hydrogens is 238 g/mol. The standard InChI is InChI=1S/C16H27NO2/c1-13(2)9-10-18-11-12-19-16-8-6-5-7-15(16)14(3)17-4/h5-8,13-14,17H,9-12H2,1-4H3. The molecule has 0 aliphatic heterocycles. The molecule has 1 atom stereocenters. The van der Waals surface area contributed by atoms with Crippen LogP contribution < -0.4 is 10.1 Å².